The molecular weight excluding hydrogens is 328 g/mol. The third-order valence-electron chi connectivity index (χ3n) is 3.77. The minimum absolute atomic E-state index is 0.0467. The maximum Gasteiger partial charge on any atom is 0.341 e. The molecule has 1 atom stereocenters. The number of halogens is 1. The molecule has 0 radical (unpaired) electrons. The molecule has 2 aromatic heterocycles. The molecule has 0 saturated carbocycles. The van der Waals surface area contributed by atoms with Crippen LogP contribution in [0.15, 0.2) is 42.6 Å². The van der Waals surface area contributed by atoms with Crippen LogP contribution in [0.3, 0.4) is 0 Å². The fourth-order valence-electron chi connectivity index (χ4n) is 2.61. The Kier molecular flexibility index (Phi) is 4.36. The highest BCUT2D eigenvalue weighted by Crippen LogP contribution is 2.24. The van der Waals surface area contributed by atoms with E-state index in [0.29, 0.717) is 5.56 Å². The number of ether oxygens (including phenoxy) is 1. The number of aryl methyl sites for hydroxylation is 1. The molecule has 0 bridgehead atoms. The smallest absolute Gasteiger partial charge is 0.341 e. The summed E-state index contributed by atoms with van der Waals surface area (Å²) in [6.07, 6.45) is 0.537. The van der Waals surface area contributed by atoms with E-state index in [-0.39, 0.29) is 16.5 Å². The van der Waals surface area contributed by atoms with E-state index in [0.717, 1.165) is 16.6 Å². The highest BCUT2D eigenvalue weighted by atomic mass is 35.5. The van der Waals surface area contributed by atoms with Gasteiger partial charge >= 0.3 is 5.97 Å². The second-order valence-electron chi connectivity index (χ2n) is 5.42. The summed E-state index contributed by atoms with van der Waals surface area (Å²) in [4.78, 5) is 31.9. The van der Waals surface area contributed by atoms with Gasteiger partial charge in [-0.1, -0.05) is 29.8 Å². The summed E-state index contributed by atoms with van der Waals surface area (Å²) in [6.45, 7) is 3.37. The van der Waals surface area contributed by atoms with E-state index in [4.69, 9.17) is 16.3 Å². The summed E-state index contributed by atoms with van der Waals surface area (Å²) in [7, 11) is 0. The standard InChI is InChI=1S/C18H15ClN2O3/c1-10-15(12-6-3-4-8-14(12)21-10)16(22)11(2)24-18(23)13-7-5-9-20-17(13)19/h3-9,11,21H,1-2H3/t11-/m0/s1. The Labute approximate surface area is 143 Å². The van der Waals surface area contributed by atoms with Gasteiger partial charge in [0.15, 0.2) is 6.10 Å². The van der Waals surface area contributed by atoms with E-state index in [9.17, 15) is 9.59 Å². The molecule has 6 heteroatoms. The molecule has 3 rings (SSSR count). The zero-order valence-electron chi connectivity index (χ0n) is 13.2. The van der Waals surface area contributed by atoms with E-state index in [1.54, 1.807) is 13.0 Å². The van der Waals surface area contributed by atoms with Crippen LogP contribution in [0.1, 0.15) is 33.3 Å². The number of carbonyl (C=O) groups is 2. The van der Waals surface area contributed by atoms with Crippen molar-refractivity contribution in [3.8, 4) is 0 Å². The lowest BCUT2D eigenvalue weighted by atomic mass is 10.0. The Balaban J connectivity index is 1.86. The number of nitrogens with zero attached hydrogens (tertiary/aromatic N) is 1. The number of Topliss-reactive ketones (excluding diaryl/α,β-unsaturated/α-hetero) is 1. The second kappa shape index (κ2) is 6.45. The lowest BCUT2D eigenvalue weighted by Crippen LogP contribution is -2.25. The molecule has 0 aliphatic carbocycles. The minimum Gasteiger partial charge on any atom is -0.451 e. The molecule has 0 amide bonds. The van der Waals surface area contributed by atoms with Gasteiger partial charge in [-0.3, -0.25) is 4.79 Å². The molecular formula is C18H15ClN2O3. The molecule has 2 heterocycles. The summed E-state index contributed by atoms with van der Waals surface area (Å²) in [6, 6.07) is 10.6. The zero-order valence-corrected chi connectivity index (χ0v) is 13.9. The van der Waals surface area contributed by atoms with Gasteiger partial charge in [0.25, 0.3) is 0 Å². The molecule has 0 spiro atoms. The van der Waals surface area contributed by atoms with Crippen LogP contribution < -0.4 is 0 Å². The monoisotopic (exact) mass is 342 g/mol. The molecule has 3 aromatic rings. The highest BCUT2D eigenvalue weighted by molar-refractivity contribution is 6.32. The van der Waals surface area contributed by atoms with E-state index >= 15 is 0 Å². The average Bonchev–Trinajstić information content (AvgIpc) is 2.90. The van der Waals surface area contributed by atoms with E-state index in [1.807, 2.05) is 31.2 Å². The van der Waals surface area contributed by atoms with Gasteiger partial charge in [0.05, 0.1) is 5.56 Å². The van der Waals surface area contributed by atoms with Gasteiger partial charge in [0.2, 0.25) is 5.78 Å². The lowest BCUT2D eigenvalue weighted by molar-refractivity contribution is 0.0319. The lowest BCUT2D eigenvalue weighted by Gasteiger charge is -2.13. The van der Waals surface area contributed by atoms with Crippen LogP contribution in [0, 0.1) is 6.92 Å². The number of ketones is 1. The topological polar surface area (TPSA) is 72.1 Å². The first-order valence-electron chi connectivity index (χ1n) is 7.42. The fraction of sp³-hybridized carbons (Fsp3) is 0.167. The van der Waals surface area contributed by atoms with Crippen LogP contribution in [-0.2, 0) is 4.74 Å². The maximum absolute atomic E-state index is 12.7. The van der Waals surface area contributed by atoms with Gasteiger partial charge in [0, 0.05) is 28.4 Å². The minimum atomic E-state index is -0.938. The SMILES string of the molecule is Cc1[nH]c2ccccc2c1C(=O)[C@H](C)OC(=O)c1cccnc1Cl. The zero-order chi connectivity index (χ0) is 17.3. The fourth-order valence-corrected chi connectivity index (χ4v) is 2.81. The van der Waals surface area contributed by atoms with Crippen molar-refractivity contribution < 1.29 is 14.3 Å². The van der Waals surface area contributed by atoms with Crippen molar-refractivity contribution in [3.05, 3.63) is 64.6 Å². The molecule has 0 unspecified atom stereocenters. The van der Waals surface area contributed by atoms with E-state index in [2.05, 4.69) is 9.97 Å². The summed E-state index contributed by atoms with van der Waals surface area (Å²) in [5, 5.41) is 0.854. The third kappa shape index (κ3) is 2.90. The number of rotatable bonds is 4. The molecule has 122 valence electrons. The van der Waals surface area contributed by atoms with Crippen molar-refractivity contribution in [2.45, 2.75) is 20.0 Å². The summed E-state index contributed by atoms with van der Waals surface area (Å²) < 4.78 is 5.28. The van der Waals surface area contributed by atoms with E-state index in [1.165, 1.54) is 12.3 Å². The van der Waals surface area contributed by atoms with Crippen LogP contribution >= 0.6 is 11.6 Å². The number of pyridine rings is 1. The molecule has 0 fully saturated rings. The first-order valence-corrected chi connectivity index (χ1v) is 7.80. The predicted octanol–water partition coefficient (Wildman–Crippen LogP) is 3.95. The average molecular weight is 343 g/mol. The van der Waals surface area contributed by atoms with Gasteiger partial charge in [-0.15, -0.1) is 0 Å². The number of fused-ring (bicyclic) bond motifs is 1. The number of nitrogens with one attached hydrogen (secondary N) is 1. The first-order chi connectivity index (χ1) is 11.5. The summed E-state index contributed by atoms with van der Waals surface area (Å²) in [5.74, 6) is -0.940. The Bertz CT molecular complexity index is 933. The molecule has 5 nitrogen and oxygen atoms in total. The molecule has 0 saturated heterocycles. The normalized spacial score (nSPS) is 12.1. The second-order valence-corrected chi connectivity index (χ2v) is 5.78. The molecule has 0 aliphatic rings. The Morgan fingerprint density at radius 2 is 1.96 bits per heavy atom. The molecule has 24 heavy (non-hydrogen) atoms. The van der Waals surface area contributed by atoms with Crippen molar-refractivity contribution in [2.24, 2.45) is 0 Å². The number of hydrogen-bond donors (Lipinski definition) is 1. The number of esters is 1. The van der Waals surface area contributed by atoms with Gasteiger partial charge in [-0.05, 0) is 32.0 Å². The quantitative estimate of drug-likeness (QED) is 0.442. The van der Waals surface area contributed by atoms with Crippen molar-refractivity contribution in [1.29, 1.82) is 0 Å². The largest absolute Gasteiger partial charge is 0.451 e. The van der Waals surface area contributed by atoms with Crippen LogP contribution in [0.2, 0.25) is 5.15 Å². The van der Waals surface area contributed by atoms with Crippen LogP contribution in [0.25, 0.3) is 10.9 Å². The van der Waals surface area contributed by atoms with E-state index < -0.39 is 12.1 Å². The first kappa shape index (κ1) is 16.2. The highest BCUT2D eigenvalue weighted by Gasteiger charge is 2.25. The van der Waals surface area contributed by atoms with Crippen LogP contribution in [0.4, 0.5) is 0 Å². The third-order valence-corrected chi connectivity index (χ3v) is 4.07. The number of H-pyrrole nitrogens is 1. The maximum atomic E-state index is 12.7. The van der Waals surface area contributed by atoms with Crippen molar-refractivity contribution >= 4 is 34.3 Å². The number of carbonyl (C=O) groups excluding carboxylic acids is 2. The Morgan fingerprint density at radius 3 is 2.71 bits per heavy atom. The number of hydrogen-bond acceptors (Lipinski definition) is 4. The molecule has 0 aliphatic heterocycles. The van der Waals surface area contributed by atoms with Gasteiger partial charge in [-0.2, -0.15) is 0 Å². The summed E-state index contributed by atoms with van der Waals surface area (Å²) >= 11 is 5.88. The summed E-state index contributed by atoms with van der Waals surface area (Å²) in [5.41, 5.74) is 2.27. The van der Waals surface area contributed by atoms with Crippen molar-refractivity contribution in [1.82, 2.24) is 9.97 Å². The van der Waals surface area contributed by atoms with Gasteiger partial charge in [0.1, 0.15) is 5.15 Å². The molecule has 1 N–H and O–H groups in total. The number of para-hydroxylation sites is 1. The van der Waals surface area contributed by atoms with Crippen molar-refractivity contribution in [3.63, 3.8) is 0 Å². The number of aromatic nitrogens is 2. The van der Waals surface area contributed by atoms with Gasteiger partial charge < -0.3 is 9.72 Å². The predicted molar refractivity (Wildman–Crippen MR) is 91.5 cm³/mol. The van der Waals surface area contributed by atoms with Crippen molar-refractivity contribution in [2.75, 3.05) is 0 Å². The molecule has 1 aromatic carbocycles. The Hall–Kier alpha value is -2.66. The Morgan fingerprint density at radius 1 is 1.21 bits per heavy atom. The van der Waals surface area contributed by atoms with Crippen LogP contribution in [0.5, 0.6) is 0 Å². The van der Waals surface area contributed by atoms with Crippen LogP contribution in [-0.4, -0.2) is 27.8 Å². The van der Waals surface area contributed by atoms with Gasteiger partial charge in [-0.25, -0.2) is 9.78 Å². The number of aromatic amines is 1. The number of benzene rings is 1.